The largest absolute Gasteiger partial charge is 0.299 e. The van der Waals surface area contributed by atoms with E-state index in [2.05, 4.69) is 32.9 Å². The van der Waals surface area contributed by atoms with Crippen molar-refractivity contribution in [2.24, 2.45) is 5.41 Å². The normalized spacial score (nSPS) is 22.7. The summed E-state index contributed by atoms with van der Waals surface area (Å²) in [4.78, 5) is 12.5. The zero-order valence-electron chi connectivity index (χ0n) is 18.6. The summed E-state index contributed by atoms with van der Waals surface area (Å²) >= 11 is 0. The van der Waals surface area contributed by atoms with Crippen molar-refractivity contribution in [1.29, 1.82) is 0 Å². The minimum atomic E-state index is -3.61. The van der Waals surface area contributed by atoms with Crippen LogP contribution in [0.4, 0.5) is 0 Å². The van der Waals surface area contributed by atoms with Gasteiger partial charge in [-0.25, -0.2) is 8.42 Å². The van der Waals surface area contributed by atoms with Gasteiger partial charge in [0.25, 0.3) is 0 Å². The van der Waals surface area contributed by atoms with Crippen molar-refractivity contribution < 1.29 is 13.2 Å². The fraction of sp³-hybridized carbons (Fsp3) is 0.423. The van der Waals surface area contributed by atoms with E-state index in [0.717, 1.165) is 17.6 Å². The highest BCUT2D eigenvalue weighted by Gasteiger charge is 2.45. The Bertz CT molecular complexity index is 1100. The summed E-state index contributed by atoms with van der Waals surface area (Å²) in [5.74, 6) is 0.254. The molecule has 4 nitrogen and oxygen atoms in total. The van der Waals surface area contributed by atoms with E-state index in [4.69, 9.17) is 0 Å². The van der Waals surface area contributed by atoms with Crippen LogP contribution in [0.1, 0.15) is 51.2 Å². The van der Waals surface area contributed by atoms with Gasteiger partial charge in [-0.1, -0.05) is 74.9 Å². The van der Waals surface area contributed by atoms with Crippen LogP contribution in [-0.4, -0.2) is 31.6 Å². The van der Waals surface area contributed by atoms with E-state index in [1.807, 2.05) is 36.4 Å². The number of carbonyl (C=O) groups is 1. The second-order valence-corrected chi connectivity index (χ2v) is 11.9. The van der Waals surface area contributed by atoms with Gasteiger partial charge in [0.15, 0.2) is 0 Å². The molecule has 164 valence electrons. The van der Waals surface area contributed by atoms with E-state index >= 15 is 0 Å². The van der Waals surface area contributed by atoms with Crippen LogP contribution >= 0.6 is 0 Å². The molecule has 0 amide bonds. The van der Waals surface area contributed by atoms with Crippen molar-refractivity contribution in [3.63, 3.8) is 0 Å². The Morgan fingerprint density at radius 1 is 1.00 bits per heavy atom. The molecule has 0 spiro atoms. The maximum Gasteiger partial charge on any atom is 0.243 e. The second-order valence-electron chi connectivity index (χ2n) is 9.96. The monoisotopic (exact) mass is 437 g/mol. The van der Waals surface area contributed by atoms with E-state index in [1.54, 1.807) is 16.4 Å². The topological polar surface area (TPSA) is 54.5 Å². The minimum Gasteiger partial charge on any atom is -0.299 e. The first-order valence-corrected chi connectivity index (χ1v) is 12.4. The van der Waals surface area contributed by atoms with Crippen molar-refractivity contribution in [3.8, 4) is 0 Å². The summed E-state index contributed by atoms with van der Waals surface area (Å²) in [6, 6.07) is 17.5. The average molecular weight is 438 g/mol. The van der Waals surface area contributed by atoms with E-state index in [1.165, 1.54) is 5.56 Å². The molecule has 0 aromatic heterocycles. The van der Waals surface area contributed by atoms with E-state index in [0.29, 0.717) is 37.2 Å². The van der Waals surface area contributed by atoms with Crippen LogP contribution < -0.4 is 0 Å². The average Bonchev–Trinajstić information content (AvgIpc) is 2.74. The van der Waals surface area contributed by atoms with Crippen molar-refractivity contribution in [1.82, 2.24) is 4.31 Å². The molecular weight excluding hydrogens is 406 g/mol. The Hall–Kier alpha value is -2.24. The van der Waals surface area contributed by atoms with Gasteiger partial charge < -0.3 is 0 Å². The number of fused-ring (bicyclic) bond motifs is 1. The molecule has 0 radical (unpaired) electrons. The number of hydrogen-bond donors (Lipinski definition) is 0. The van der Waals surface area contributed by atoms with Crippen LogP contribution in [0.15, 0.2) is 71.1 Å². The van der Waals surface area contributed by atoms with Crippen molar-refractivity contribution in [2.45, 2.75) is 56.8 Å². The molecule has 0 bridgehead atoms. The van der Waals surface area contributed by atoms with E-state index in [9.17, 15) is 13.2 Å². The molecule has 1 saturated carbocycles. The number of hydrogen-bond acceptors (Lipinski definition) is 3. The number of Topliss-reactive ketones (excluding diaryl/α,β-unsaturated/α-hetero) is 1. The number of carbonyl (C=O) groups excluding carboxylic acids is 1. The lowest BCUT2D eigenvalue weighted by atomic mass is 9.65. The van der Waals surface area contributed by atoms with Gasteiger partial charge in [0.2, 0.25) is 10.0 Å². The predicted octanol–water partition coefficient (Wildman–Crippen LogP) is 4.90. The molecule has 2 aromatic carbocycles. The molecule has 2 aromatic rings. The van der Waals surface area contributed by atoms with Gasteiger partial charge in [-0.2, -0.15) is 4.31 Å². The lowest BCUT2D eigenvalue weighted by molar-refractivity contribution is -0.120. The van der Waals surface area contributed by atoms with Gasteiger partial charge >= 0.3 is 0 Å². The van der Waals surface area contributed by atoms with Gasteiger partial charge in [-0.15, -0.1) is 0 Å². The Kier molecular flexibility index (Phi) is 5.69. The third kappa shape index (κ3) is 4.39. The van der Waals surface area contributed by atoms with E-state index in [-0.39, 0.29) is 16.6 Å². The molecule has 1 atom stereocenters. The summed E-state index contributed by atoms with van der Waals surface area (Å²) in [6.07, 6.45) is 4.40. The number of benzene rings is 2. The zero-order chi connectivity index (χ0) is 22.3. The predicted molar refractivity (Wildman–Crippen MR) is 123 cm³/mol. The van der Waals surface area contributed by atoms with Crippen molar-refractivity contribution in [2.75, 3.05) is 13.1 Å². The molecule has 1 heterocycles. The molecule has 4 rings (SSSR count). The summed E-state index contributed by atoms with van der Waals surface area (Å²) < 4.78 is 28.6. The number of ketones is 1. The summed E-state index contributed by atoms with van der Waals surface area (Å²) in [5.41, 5.74) is 3.06. The van der Waals surface area contributed by atoms with Gasteiger partial charge in [0.05, 0.1) is 4.90 Å². The Balaban J connectivity index is 1.66. The van der Waals surface area contributed by atoms with Crippen molar-refractivity contribution in [3.05, 3.63) is 77.4 Å². The molecule has 0 unspecified atom stereocenters. The van der Waals surface area contributed by atoms with E-state index < -0.39 is 10.0 Å². The minimum absolute atomic E-state index is 0.0283. The van der Waals surface area contributed by atoms with Gasteiger partial charge in [0, 0.05) is 31.3 Å². The van der Waals surface area contributed by atoms with Crippen LogP contribution in [-0.2, 0) is 26.7 Å². The van der Waals surface area contributed by atoms with Crippen LogP contribution in [0.25, 0.3) is 0 Å². The molecule has 1 aliphatic carbocycles. The maximum absolute atomic E-state index is 13.5. The molecule has 1 fully saturated rings. The first-order chi connectivity index (χ1) is 14.6. The molecular formula is C26H31NO3S. The highest BCUT2D eigenvalue weighted by Crippen LogP contribution is 2.46. The first-order valence-electron chi connectivity index (χ1n) is 11.0. The summed E-state index contributed by atoms with van der Waals surface area (Å²) in [5, 5.41) is 0. The van der Waals surface area contributed by atoms with Gasteiger partial charge in [-0.05, 0) is 41.5 Å². The molecule has 1 aliphatic heterocycles. The third-order valence-electron chi connectivity index (χ3n) is 6.71. The highest BCUT2D eigenvalue weighted by atomic mass is 32.2. The highest BCUT2D eigenvalue weighted by molar-refractivity contribution is 7.89. The van der Waals surface area contributed by atoms with Crippen LogP contribution in [0.3, 0.4) is 0 Å². The SMILES string of the molecule is CC(C)(C)c1ccc(S(=O)(=O)N2CC=C3CC(=O)CC[C@]3(Cc3ccccc3)C2)cc1. The van der Waals surface area contributed by atoms with Crippen molar-refractivity contribution >= 4 is 15.8 Å². The van der Waals surface area contributed by atoms with Crippen LogP contribution in [0.2, 0.25) is 0 Å². The quantitative estimate of drug-likeness (QED) is 0.640. The third-order valence-corrected chi connectivity index (χ3v) is 8.54. The number of nitrogens with zero attached hydrogens (tertiary/aromatic N) is 1. The Morgan fingerprint density at radius 2 is 1.68 bits per heavy atom. The number of rotatable bonds is 4. The fourth-order valence-corrected chi connectivity index (χ4v) is 6.28. The van der Waals surface area contributed by atoms with Crippen LogP contribution in [0.5, 0.6) is 0 Å². The second kappa shape index (κ2) is 8.03. The Labute approximate surface area is 186 Å². The maximum atomic E-state index is 13.5. The Morgan fingerprint density at radius 3 is 2.32 bits per heavy atom. The molecule has 0 N–H and O–H groups in total. The lowest BCUT2D eigenvalue weighted by Crippen LogP contribution is -2.49. The smallest absolute Gasteiger partial charge is 0.243 e. The summed E-state index contributed by atoms with van der Waals surface area (Å²) in [7, 11) is -3.61. The first kappa shape index (κ1) is 22.0. The van der Waals surface area contributed by atoms with Crippen LogP contribution in [0, 0.1) is 5.41 Å². The molecule has 0 saturated heterocycles. The van der Waals surface area contributed by atoms with Gasteiger partial charge in [0.1, 0.15) is 5.78 Å². The fourth-order valence-electron chi connectivity index (χ4n) is 4.81. The van der Waals surface area contributed by atoms with Gasteiger partial charge in [-0.3, -0.25) is 4.79 Å². The lowest BCUT2D eigenvalue weighted by Gasteiger charge is -2.45. The number of sulfonamides is 1. The molecule has 31 heavy (non-hydrogen) atoms. The standard InChI is InChI=1S/C26H31NO3S/c1-25(2,3)21-9-11-24(12-10-21)31(29,30)27-16-14-22-17-23(28)13-15-26(22,19-27)18-20-7-5-4-6-8-20/h4-12,14H,13,15-19H2,1-3H3/t26-/m0/s1. The zero-order valence-corrected chi connectivity index (χ0v) is 19.4. The molecule has 2 aliphatic rings. The summed E-state index contributed by atoms with van der Waals surface area (Å²) in [6.45, 7) is 7.09. The molecule has 5 heteroatoms.